The van der Waals surface area contributed by atoms with Gasteiger partial charge in [-0.2, -0.15) is 0 Å². The number of aliphatic imine (C=N–C) groups is 1. The van der Waals surface area contributed by atoms with Crippen molar-refractivity contribution >= 4 is 57.6 Å². The van der Waals surface area contributed by atoms with Crippen LogP contribution >= 0.6 is 35.0 Å². The first-order chi connectivity index (χ1) is 10.7. The second-order valence-corrected chi connectivity index (χ2v) is 8.01. The van der Waals surface area contributed by atoms with Gasteiger partial charge in [-0.05, 0) is 32.9 Å². The van der Waals surface area contributed by atoms with Crippen LogP contribution in [0.1, 0.15) is 27.2 Å². The van der Waals surface area contributed by atoms with Gasteiger partial charge in [0.1, 0.15) is 5.25 Å². The Morgan fingerprint density at radius 3 is 2.74 bits per heavy atom. The Kier molecular flexibility index (Phi) is 5.60. The summed E-state index contributed by atoms with van der Waals surface area (Å²) in [6, 6.07) is 4.98. The van der Waals surface area contributed by atoms with Crippen molar-refractivity contribution in [2.75, 3.05) is 5.32 Å². The molecule has 1 heterocycles. The topological polar surface area (TPSA) is 70.6 Å². The van der Waals surface area contributed by atoms with Crippen LogP contribution in [0.5, 0.6) is 0 Å². The number of rotatable bonds is 3. The maximum atomic E-state index is 12.1. The third kappa shape index (κ3) is 5.12. The van der Waals surface area contributed by atoms with Gasteiger partial charge in [-0.25, -0.2) is 0 Å². The molecule has 124 valence electrons. The normalized spacial score (nSPS) is 19.8. The third-order valence-corrected chi connectivity index (χ3v) is 4.71. The van der Waals surface area contributed by atoms with Gasteiger partial charge in [0.2, 0.25) is 11.8 Å². The standard InChI is InChI=1S/C15H17Cl2N3O2S/c1-15(2,3)20-14-19-13(22)10(23-14)7-11(21)18-9-6-4-5-8(16)12(9)17/h4-6,10H,7H2,1-3H3,(H,18,21)(H,19,20,22)/t10-/m1/s1. The Labute approximate surface area is 149 Å². The summed E-state index contributed by atoms with van der Waals surface area (Å²) < 4.78 is 0. The van der Waals surface area contributed by atoms with Gasteiger partial charge in [0.15, 0.2) is 5.17 Å². The van der Waals surface area contributed by atoms with Crippen molar-refractivity contribution in [3.8, 4) is 0 Å². The zero-order valence-corrected chi connectivity index (χ0v) is 15.3. The highest BCUT2D eigenvalue weighted by Crippen LogP contribution is 2.30. The summed E-state index contributed by atoms with van der Waals surface area (Å²) in [5, 5.41) is 6.04. The molecule has 23 heavy (non-hydrogen) atoms. The Morgan fingerprint density at radius 2 is 2.09 bits per heavy atom. The smallest absolute Gasteiger partial charge is 0.240 e. The number of benzene rings is 1. The van der Waals surface area contributed by atoms with E-state index in [1.807, 2.05) is 20.8 Å². The van der Waals surface area contributed by atoms with E-state index in [-0.39, 0.29) is 28.8 Å². The molecule has 0 aliphatic carbocycles. The average Bonchev–Trinajstić information content (AvgIpc) is 2.72. The minimum Gasteiger partial charge on any atom is -0.325 e. The monoisotopic (exact) mass is 373 g/mol. The molecule has 8 heteroatoms. The van der Waals surface area contributed by atoms with Crippen molar-refractivity contribution in [3.05, 3.63) is 28.2 Å². The molecule has 1 aromatic carbocycles. The molecular formula is C15H17Cl2N3O2S. The van der Waals surface area contributed by atoms with Gasteiger partial charge in [-0.3, -0.25) is 14.6 Å². The molecule has 2 amide bonds. The second kappa shape index (κ2) is 7.11. The van der Waals surface area contributed by atoms with Crippen molar-refractivity contribution in [2.45, 2.75) is 38.0 Å². The number of amides is 2. The molecule has 0 radical (unpaired) electrons. The molecule has 2 rings (SSSR count). The molecule has 0 bridgehead atoms. The predicted molar refractivity (Wildman–Crippen MR) is 96.4 cm³/mol. The number of thioether (sulfide) groups is 1. The number of carbonyl (C=O) groups is 2. The van der Waals surface area contributed by atoms with E-state index in [1.165, 1.54) is 11.8 Å². The van der Waals surface area contributed by atoms with Crippen molar-refractivity contribution in [1.29, 1.82) is 0 Å². The number of nitrogens with one attached hydrogen (secondary N) is 2. The van der Waals surface area contributed by atoms with Crippen LogP contribution in [-0.4, -0.2) is 27.8 Å². The van der Waals surface area contributed by atoms with E-state index in [0.717, 1.165) is 0 Å². The Morgan fingerprint density at radius 1 is 1.39 bits per heavy atom. The van der Waals surface area contributed by atoms with Crippen molar-refractivity contribution in [3.63, 3.8) is 0 Å². The van der Waals surface area contributed by atoms with E-state index >= 15 is 0 Å². The van der Waals surface area contributed by atoms with Gasteiger partial charge >= 0.3 is 0 Å². The van der Waals surface area contributed by atoms with Gasteiger partial charge in [0, 0.05) is 6.42 Å². The molecule has 0 saturated carbocycles. The summed E-state index contributed by atoms with van der Waals surface area (Å²) in [5.74, 6) is -0.524. The minimum atomic E-state index is -0.506. The lowest BCUT2D eigenvalue weighted by atomic mass is 10.1. The van der Waals surface area contributed by atoms with Crippen LogP contribution in [0.3, 0.4) is 0 Å². The number of nitrogens with zero attached hydrogens (tertiary/aromatic N) is 1. The lowest BCUT2D eigenvalue weighted by Crippen LogP contribution is -2.29. The molecule has 1 aromatic rings. The number of amidine groups is 1. The maximum Gasteiger partial charge on any atom is 0.240 e. The first-order valence-electron chi connectivity index (χ1n) is 6.97. The van der Waals surface area contributed by atoms with Crippen LogP contribution in [0.15, 0.2) is 23.2 Å². The van der Waals surface area contributed by atoms with Crippen LogP contribution in [0.2, 0.25) is 10.0 Å². The molecule has 2 N–H and O–H groups in total. The lowest BCUT2D eigenvalue weighted by molar-refractivity contribution is -0.122. The number of hydrogen-bond acceptors (Lipinski definition) is 4. The fourth-order valence-corrected chi connectivity index (χ4v) is 3.37. The van der Waals surface area contributed by atoms with Gasteiger partial charge in [0.25, 0.3) is 0 Å². The van der Waals surface area contributed by atoms with E-state index in [0.29, 0.717) is 15.9 Å². The molecule has 0 aromatic heterocycles. The molecular weight excluding hydrogens is 357 g/mol. The SMILES string of the molecule is CC(C)(C)N=C1NC(=O)[C@@H](CC(=O)Nc2cccc(Cl)c2Cl)S1. The molecule has 0 spiro atoms. The van der Waals surface area contributed by atoms with Gasteiger partial charge < -0.3 is 10.6 Å². The van der Waals surface area contributed by atoms with E-state index < -0.39 is 5.25 Å². The van der Waals surface area contributed by atoms with Crippen molar-refractivity contribution in [2.24, 2.45) is 4.99 Å². The van der Waals surface area contributed by atoms with Gasteiger partial charge in [-0.1, -0.05) is 41.0 Å². The van der Waals surface area contributed by atoms with Crippen molar-refractivity contribution in [1.82, 2.24) is 5.32 Å². The van der Waals surface area contributed by atoms with Crippen LogP contribution < -0.4 is 10.6 Å². The second-order valence-electron chi connectivity index (χ2n) is 6.04. The highest BCUT2D eigenvalue weighted by Gasteiger charge is 2.33. The first-order valence-corrected chi connectivity index (χ1v) is 8.60. The summed E-state index contributed by atoms with van der Waals surface area (Å²) in [7, 11) is 0. The summed E-state index contributed by atoms with van der Waals surface area (Å²) in [4.78, 5) is 28.5. The molecule has 0 unspecified atom stereocenters. The summed E-state index contributed by atoms with van der Waals surface area (Å²) >= 11 is 13.2. The molecule has 1 aliphatic heterocycles. The summed E-state index contributed by atoms with van der Waals surface area (Å²) in [6.45, 7) is 5.82. The van der Waals surface area contributed by atoms with E-state index in [9.17, 15) is 9.59 Å². The lowest BCUT2D eigenvalue weighted by Gasteiger charge is -2.12. The zero-order chi connectivity index (χ0) is 17.2. The number of anilines is 1. The van der Waals surface area contributed by atoms with E-state index in [1.54, 1.807) is 18.2 Å². The molecule has 5 nitrogen and oxygen atoms in total. The Bertz CT molecular complexity index is 671. The number of halogens is 2. The number of hydrogen-bond donors (Lipinski definition) is 2. The predicted octanol–water partition coefficient (Wildman–Crippen LogP) is 3.71. The highest BCUT2D eigenvalue weighted by atomic mass is 35.5. The maximum absolute atomic E-state index is 12.1. The fraction of sp³-hybridized carbons (Fsp3) is 0.400. The minimum absolute atomic E-state index is 0.0303. The van der Waals surface area contributed by atoms with E-state index in [4.69, 9.17) is 23.2 Å². The van der Waals surface area contributed by atoms with Crippen LogP contribution in [0.4, 0.5) is 5.69 Å². The molecule has 1 saturated heterocycles. The Hall–Kier alpha value is -1.24. The summed E-state index contributed by atoms with van der Waals surface area (Å²) in [5.41, 5.74) is 0.136. The first kappa shape index (κ1) is 18.1. The molecule has 1 aliphatic rings. The largest absolute Gasteiger partial charge is 0.325 e. The third-order valence-electron chi connectivity index (χ3n) is 2.81. The quantitative estimate of drug-likeness (QED) is 0.848. The van der Waals surface area contributed by atoms with Crippen LogP contribution in [-0.2, 0) is 9.59 Å². The van der Waals surface area contributed by atoms with Gasteiger partial charge in [0.05, 0.1) is 21.3 Å². The van der Waals surface area contributed by atoms with Crippen LogP contribution in [0.25, 0.3) is 0 Å². The van der Waals surface area contributed by atoms with E-state index in [2.05, 4.69) is 15.6 Å². The summed E-state index contributed by atoms with van der Waals surface area (Å²) in [6.07, 6.45) is 0.0303. The number of carbonyl (C=O) groups excluding carboxylic acids is 2. The van der Waals surface area contributed by atoms with Crippen molar-refractivity contribution < 1.29 is 9.59 Å². The molecule has 1 atom stereocenters. The Balaban J connectivity index is 2.00. The molecule has 1 fully saturated rings. The zero-order valence-electron chi connectivity index (χ0n) is 12.9. The van der Waals surface area contributed by atoms with Crippen LogP contribution in [0, 0.1) is 0 Å². The fourth-order valence-electron chi connectivity index (χ4n) is 1.87. The average molecular weight is 374 g/mol. The highest BCUT2D eigenvalue weighted by molar-refractivity contribution is 8.15. The van der Waals surface area contributed by atoms with Gasteiger partial charge in [-0.15, -0.1) is 0 Å².